The quantitative estimate of drug-likeness (QED) is 0.820. The van der Waals surface area contributed by atoms with Gasteiger partial charge in [0.25, 0.3) is 5.91 Å². The number of rotatable bonds is 5. The van der Waals surface area contributed by atoms with Crippen molar-refractivity contribution in [1.82, 2.24) is 5.32 Å². The van der Waals surface area contributed by atoms with Gasteiger partial charge in [-0.2, -0.15) is 0 Å². The van der Waals surface area contributed by atoms with E-state index in [4.69, 9.17) is 9.15 Å². The summed E-state index contributed by atoms with van der Waals surface area (Å²) in [5.41, 5.74) is 0. The molecule has 0 aliphatic heterocycles. The number of nitrogens with one attached hydrogen (secondary N) is 1. The average Bonchev–Trinajstić information content (AvgIpc) is 2.91. The van der Waals surface area contributed by atoms with E-state index in [1.165, 1.54) is 0 Å². The largest absolute Gasteiger partial charge is 0.483 e. The van der Waals surface area contributed by atoms with E-state index < -0.39 is 0 Å². The van der Waals surface area contributed by atoms with E-state index in [1.54, 1.807) is 18.4 Å². The number of hydrogen-bond donors (Lipinski definition) is 1. The van der Waals surface area contributed by atoms with E-state index in [2.05, 4.69) is 37.2 Å². The second kappa shape index (κ2) is 6.95. The fraction of sp³-hybridized carbons (Fsp3) is 0.214. The number of halogens is 2. The summed E-state index contributed by atoms with van der Waals surface area (Å²) in [6.07, 6.45) is 1.58. The molecule has 1 atom stereocenters. The van der Waals surface area contributed by atoms with Crippen molar-refractivity contribution in [3.05, 3.63) is 51.3 Å². The number of hydrogen-bond acceptors (Lipinski definition) is 3. The predicted molar refractivity (Wildman–Crippen MR) is 82.6 cm³/mol. The van der Waals surface area contributed by atoms with E-state index >= 15 is 0 Å². The Balaban J connectivity index is 1.86. The van der Waals surface area contributed by atoms with Crippen LogP contribution < -0.4 is 10.1 Å². The molecule has 0 aliphatic carbocycles. The van der Waals surface area contributed by atoms with Crippen LogP contribution in [-0.4, -0.2) is 12.5 Å². The summed E-state index contributed by atoms with van der Waals surface area (Å²) >= 11 is 6.73. The fourth-order valence-electron chi connectivity index (χ4n) is 1.63. The Kier molecular flexibility index (Phi) is 5.25. The summed E-state index contributed by atoms with van der Waals surface area (Å²) in [5, 5.41) is 2.80. The molecule has 0 radical (unpaired) electrons. The summed E-state index contributed by atoms with van der Waals surface area (Å²) in [5.74, 6) is 1.13. The van der Waals surface area contributed by atoms with Gasteiger partial charge in [0.05, 0.1) is 16.8 Å². The molecule has 1 aromatic heterocycles. The highest BCUT2D eigenvalue weighted by Crippen LogP contribution is 2.28. The van der Waals surface area contributed by atoms with Crippen molar-refractivity contribution in [2.45, 2.75) is 13.0 Å². The molecule has 106 valence electrons. The van der Waals surface area contributed by atoms with E-state index in [1.807, 2.05) is 25.1 Å². The van der Waals surface area contributed by atoms with Crippen LogP contribution in [-0.2, 0) is 4.79 Å². The smallest absolute Gasteiger partial charge is 0.258 e. The third-order valence-electron chi connectivity index (χ3n) is 2.60. The Morgan fingerprint density at radius 1 is 1.40 bits per heavy atom. The van der Waals surface area contributed by atoms with Crippen molar-refractivity contribution in [2.75, 3.05) is 6.61 Å². The van der Waals surface area contributed by atoms with Gasteiger partial charge in [-0.3, -0.25) is 4.79 Å². The zero-order valence-electron chi connectivity index (χ0n) is 10.7. The lowest BCUT2D eigenvalue weighted by Gasteiger charge is -2.12. The van der Waals surface area contributed by atoms with Gasteiger partial charge in [-0.1, -0.05) is 15.9 Å². The first kappa shape index (κ1) is 15.1. The lowest BCUT2D eigenvalue weighted by atomic mass is 10.2. The molecule has 4 nitrogen and oxygen atoms in total. The highest BCUT2D eigenvalue weighted by atomic mass is 79.9. The van der Waals surface area contributed by atoms with Crippen molar-refractivity contribution < 1.29 is 13.9 Å². The fourth-order valence-corrected chi connectivity index (χ4v) is 2.79. The van der Waals surface area contributed by atoms with E-state index in [9.17, 15) is 4.79 Å². The van der Waals surface area contributed by atoms with Crippen molar-refractivity contribution in [1.29, 1.82) is 0 Å². The van der Waals surface area contributed by atoms with E-state index in [0.29, 0.717) is 11.5 Å². The Labute approximate surface area is 133 Å². The van der Waals surface area contributed by atoms with Crippen LogP contribution >= 0.6 is 31.9 Å². The third kappa shape index (κ3) is 4.11. The minimum Gasteiger partial charge on any atom is -0.483 e. The van der Waals surface area contributed by atoms with Gasteiger partial charge >= 0.3 is 0 Å². The maximum absolute atomic E-state index is 11.8. The molecule has 1 amide bonds. The van der Waals surface area contributed by atoms with Crippen molar-refractivity contribution in [2.24, 2.45) is 0 Å². The molecule has 2 rings (SSSR count). The van der Waals surface area contributed by atoms with Crippen LogP contribution in [0.1, 0.15) is 18.7 Å². The summed E-state index contributed by atoms with van der Waals surface area (Å²) in [7, 11) is 0. The molecule has 0 spiro atoms. The normalized spacial score (nSPS) is 11.9. The first-order valence-corrected chi connectivity index (χ1v) is 7.55. The molecular formula is C14H13Br2NO3. The molecule has 1 aromatic carbocycles. The Morgan fingerprint density at radius 2 is 2.20 bits per heavy atom. The van der Waals surface area contributed by atoms with Crippen LogP contribution in [0.15, 0.2) is 50.0 Å². The van der Waals surface area contributed by atoms with Gasteiger partial charge in [0.15, 0.2) is 6.61 Å². The van der Waals surface area contributed by atoms with Gasteiger partial charge in [0.2, 0.25) is 0 Å². The molecule has 1 heterocycles. The van der Waals surface area contributed by atoms with Gasteiger partial charge in [0, 0.05) is 4.47 Å². The highest BCUT2D eigenvalue weighted by molar-refractivity contribution is 9.11. The van der Waals surface area contributed by atoms with Crippen LogP contribution in [0.5, 0.6) is 5.75 Å². The van der Waals surface area contributed by atoms with Crippen molar-refractivity contribution in [3.63, 3.8) is 0 Å². The molecule has 20 heavy (non-hydrogen) atoms. The van der Waals surface area contributed by atoms with Gasteiger partial charge in [-0.15, -0.1) is 0 Å². The third-order valence-corrected chi connectivity index (χ3v) is 3.71. The highest BCUT2D eigenvalue weighted by Gasteiger charge is 2.12. The first-order valence-electron chi connectivity index (χ1n) is 5.97. The minimum absolute atomic E-state index is 0.0503. The molecular weight excluding hydrogens is 390 g/mol. The SMILES string of the molecule is C[C@H](NC(=O)COc1ccc(Br)cc1Br)c1ccco1. The molecule has 0 saturated heterocycles. The lowest BCUT2D eigenvalue weighted by Crippen LogP contribution is -2.31. The summed E-state index contributed by atoms with van der Waals surface area (Å²) < 4.78 is 12.4. The maximum Gasteiger partial charge on any atom is 0.258 e. The Bertz CT molecular complexity index is 584. The topological polar surface area (TPSA) is 51.5 Å². The molecule has 1 N–H and O–H groups in total. The van der Waals surface area contributed by atoms with Crippen LogP contribution in [0.25, 0.3) is 0 Å². The lowest BCUT2D eigenvalue weighted by molar-refractivity contribution is -0.123. The molecule has 0 aliphatic rings. The van der Waals surface area contributed by atoms with E-state index in [-0.39, 0.29) is 18.6 Å². The van der Waals surface area contributed by atoms with Crippen molar-refractivity contribution in [3.8, 4) is 5.75 Å². The van der Waals surface area contributed by atoms with Crippen LogP contribution in [0.3, 0.4) is 0 Å². The maximum atomic E-state index is 11.8. The second-order valence-corrected chi connectivity index (χ2v) is 5.94. The molecule has 0 bridgehead atoms. The number of carbonyl (C=O) groups excluding carboxylic acids is 1. The van der Waals surface area contributed by atoms with Gasteiger partial charge < -0.3 is 14.5 Å². The van der Waals surface area contributed by atoms with Crippen LogP contribution in [0, 0.1) is 0 Å². The second-order valence-electron chi connectivity index (χ2n) is 4.17. The molecule has 0 saturated carbocycles. The summed E-state index contributed by atoms with van der Waals surface area (Å²) in [6.45, 7) is 1.80. The predicted octanol–water partition coefficient (Wildman–Crippen LogP) is 4.06. The average molecular weight is 403 g/mol. The van der Waals surface area contributed by atoms with E-state index in [0.717, 1.165) is 8.95 Å². The Morgan fingerprint density at radius 3 is 2.85 bits per heavy atom. The zero-order chi connectivity index (χ0) is 14.5. The molecule has 2 aromatic rings. The van der Waals surface area contributed by atoms with Gasteiger partial charge in [-0.25, -0.2) is 0 Å². The van der Waals surface area contributed by atoms with Gasteiger partial charge in [-0.05, 0) is 53.2 Å². The number of furan rings is 1. The Hall–Kier alpha value is -1.27. The summed E-state index contributed by atoms with van der Waals surface area (Å²) in [4.78, 5) is 11.8. The first-order chi connectivity index (χ1) is 9.56. The standard InChI is InChI=1S/C14H13Br2NO3/c1-9(12-3-2-6-19-12)17-14(18)8-20-13-5-4-10(15)7-11(13)16/h2-7,9H,8H2,1H3,(H,17,18)/t9-/m0/s1. The van der Waals surface area contributed by atoms with Gasteiger partial charge in [0.1, 0.15) is 11.5 Å². The number of benzene rings is 1. The molecule has 0 unspecified atom stereocenters. The number of ether oxygens (including phenoxy) is 1. The number of carbonyl (C=O) groups is 1. The van der Waals surface area contributed by atoms with Crippen LogP contribution in [0.2, 0.25) is 0 Å². The summed E-state index contributed by atoms with van der Waals surface area (Å²) in [6, 6.07) is 8.92. The molecule has 0 fully saturated rings. The molecule has 6 heteroatoms. The van der Waals surface area contributed by atoms with Crippen LogP contribution in [0.4, 0.5) is 0 Å². The number of amides is 1. The zero-order valence-corrected chi connectivity index (χ0v) is 13.9. The monoisotopic (exact) mass is 401 g/mol. The van der Waals surface area contributed by atoms with Crippen molar-refractivity contribution >= 4 is 37.8 Å². The minimum atomic E-state index is -0.205.